The summed E-state index contributed by atoms with van der Waals surface area (Å²) in [6, 6.07) is 4.55. The minimum absolute atomic E-state index is 0.0645. The maximum absolute atomic E-state index is 14.6. The molecule has 3 aromatic rings. The second-order valence-electron chi connectivity index (χ2n) is 8.07. The molecule has 0 bridgehead atoms. The molecule has 1 fully saturated rings. The lowest BCUT2D eigenvalue weighted by atomic mass is 10.1. The van der Waals surface area contributed by atoms with Crippen LogP contribution >= 0.6 is 11.6 Å². The molecular formula is C22H27ClFN5O2. The SMILES string of the molecule is CCCCn1c(=O)n(C)c(=O)c2c1nc(N1CCCCC1)n2Cc1c(F)cccc1Cl. The van der Waals surface area contributed by atoms with Crippen LogP contribution in [0.4, 0.5) is 10.3 Å². The van der Waals surface area contributed by atoms with Crippen molar-refractivity contribution in [1.82, 2.24) is 18.7 Å². The molecule has 0 radical (unpaired) electrons. The molecule has 31 heavy (non-hydrogen) atoms. The van der Waals surface area contributed by atoms with E-state index in [1.54, 1.807) is 21.3 Å². The zero-order chi connectivity index (χ0) is 22.1. The Bertz CT molecular complexity index is 1200. The van der Waals surface area contributed by atoms with Crippen LogP contribution in [0.3, 0.4) is 0 Å². The predicted molar refractivity (Wildman–Crippen MR) is 121 cm³/mol. The molecule has 1 aromatic carbocycles. The van der Waals surface area contributed by atoms with Crippen molar-refractivity contribution in [2.24, 2.45) is 7.05 Å². The van der Waals surface area contributed by atoms with Crippen LogP contribution in [-0.2, 0) is 20.1 Å². The van der Waals surface area contributed by atoms with Gasteiger partial charge in [0.05, 0.1) is 6.54 Å². The van der Waals surface area contributed by atoms with Crippen LogP contribution < -0.4 is 16.1 Å². The molecular weight excluding hydrogens is 421 g/mol. The summed E-state index contributed by atoms with van der Waals surface area (Å²) in [5, 5.41) is 0.294. The van der Waals surface area contributed by atoms with Crippen LogP contribution in [0.25, 0.3) is 11.2 Å². The quantitative estimate of drug-likeness (QED) is 0.580. The highest BCUT2D eigenvalue weighted by molar-refractivity contribution is 6.31. The summed E-state index contributed by atoms with van der Waals surface area (Å²) in [6.07, 6.45) is 4.87. The number of anilines is 1. The minimum Gasteiger partial charge on any atom is -0.342 e. The minimum atomic E-state index is -0.435. The normalized spacial score (nSPS) is 14.5. The van der Waals surface area contributed by atoms with Crippen molar-refractivity contribution < 1.29 is 4.39 Å². The largest absolute Gasteiger partial charge is 0.342 e. The van der Waals surface area contributed by atoms with Crippen LogP contribution in [0.1, 0.15) is 44.6 Å². The fourth-order valence-electron chi connectivity index (χ4n) is 4.19. The number of fused-ring (bicyclic) bond motifs is 1. The lowest BCUT2D eigenvalue weighted by Gasteiger charge is -2.28. The summed E-state index contributed by atoms with van der Waals surface area (Å²) in [6.45, 7) is 4.18. The van der Waals surface area contributed by atoms with Gasteiger partial charge in [-0.2, -0.15) is 4.98 Å². The Morgan fingerprint density at radius 2 is 1.87 bits per heavy atom. The Labute approximate surface area is 184 Å². The van der Waals surface area contributed by atoms with Gasteiger partial charge in [0.15, 0.2) is 11.2 Å². The topological polar surface area (TPSA) is 65.1 Å². The molecule has 0 spiro atoms. The smallest absolute Gasteiger partial charge is 0.332 e. The van der Waals surface area contributed by atoms with Gasteiger partial charge in [0.25, 0.3) is 5.56 Å². The zero-order valence-electron chi connectivity index (χ0n) is 17.9. The van der Waals surface area contributed by atoms with E-state index in [0.717, 1.165) is 49.8 Å². The van der Waals surface area contributed by atoms with E-state index in [2.05, 4.69) is 4.90 Å². The van der Waals surface area contributed by atoms with E-state index in [1.807, 2.05) is 6.92 Å². The first kappa shape index (κ1) is 21.6. The van der Waals surface area contributed by atoms with Crippen molar-refractivity contribution >= 4 is 28.7 Å². The van der Waals surface area contributed by atoms with Gasteiger partial charge < -0.3 is 4.90 Å². The van der Waals surface area contributed by atoms with E-state index in [4.69, 9.17) is 16.6 Å². The Morgan fingerprint density at radius 3 is 2.55 bits per heavy atom. The average Bonchev–Trinajstić information content (AvgIpc) is 3.14. The fourth-order valence-corrected chi connectivity index (χ4v) is 4.41. The maximum atomic E-state index is 14.6. The number of hydrogen-bond donors (Lipinski definition) is 0. The summed E-state index contributed by atoms with van der Waals surface area (Å²) in [5.74, 6) is 0.150. The van der Waals surface area contributed by atoms with Crippen LogP contribution in [0.2, 0.25) is 5.02 Å². The molecule has 9 heteroatoms. The van der Waals surface area contributed by atoms with Gasteiger partial charge in [-0.3, -0.25) is 18.5 Å². The molecule has 1 aliphatic heterocycles. The molecule has 0 amide bonds. The first-order valence-corrected chi connectivity index (χ1v) is 11.2. The summed E-state index contributed by atoms with van der Waals surface area (Å²) in [4.78, 5) is 32.9. The average molecular weight is 448 g/mol. The van der Waals surface area contributed by atoms with Gasteiger partial charge >= 0.3 is 5.69 Å². The molecule has 4 rings (SSSR count). The lowest BCUT2D eigenvalue weighted by Crippen LogP contribution is -2.39. The van der Waals surface area contributed by atoms with E-state index in [9.17, 15) is 14.0 Å². The number of rotatable bonds is 6. The second kappa shape index (κ2) is 8.86. The molecule has 1 aliphatic rings. The third kappa shape index (κ3) is 3.89. The summed E-state index contributed by atoms with van der Waals surface area (Å²) in [7, 11) is 1.47. The standard InChI is InChI=1S/C22H27ClFN5O2/c1-3-4-13-28-19-18(20(30)26(2)22(28)31)29(14-15-16(23)9-8-10-17(15)24)21(25-19)27-11-6-5-7-12-27/h8-10H,3-7,11-14H2,1-2H3. The van der Waals surface area contributed by atoms with E-state index in [0.29, 0.717) is 34.2 Å². The van der Waals surface area contributed by atoms with Crippen LogP contribution in [0.5, 0.6) is 0 Å². The second-order valence-corrected chi connectivity index (χ2v) is 8.48. The number of unbranched alkanes of at least 4 members (excludes halogenated alkanes) is 1. The van der Waals surface area contributed by atoms with Crippen molar-refractivity contribution in [3.05, 3.63) is 55.4 Å². The number of imidazole rings is 1. The highest BCUT2D eigenvalue weighted by Gasteiger charge is 2.25. The Balaban J connectivity index is 2.00. The number of halogens is 2. The molecule has 166 valence electrons. The number of nitrogens with zero attached hydrogens (tertiary/aromatic N) is 5. The molecule has 2 aromatic heterocycles. The first-order valence-electron chi connectivity index (χ1n) is 10.8. The van der Waals surface area contributed by atoms with Gasteiger partial charge in [-0.15, -0.1) is 0 Å². The number of aryl methyl sites for hydroxylation is 1. The molecule has 0 N–H and O–H groups in total. The lowest BCUT2D eigenvalue weighted by molar-refractivity contribution is 0.556. The van der Waals surface area contributed by atoms with Crippen LogP contribution in [0, 0.1) is 5.82 Å². The fraction of sp³-hybridized carbons (Fsp3) is 0.500. The number of benzene rings is 1. The number of piperidine rings is 1. The summed E-state index contributed by atoms with van der Waals surface area (Å²) < 4.78 is 19.0. The van der Waals surface area contributed by atoms with Crippen LogP contribution in [0.15, 0.2) is 27.8 Å². The van der Waals surface area contributed by atoms with Gasteiger partial charge in [0.2, 0.25) is 5.95 Å². The highest BCUT2D eigenvalue weighted by Crippen LogP contribution is 2.27. The van der Waals surface area contributed by atoms with E-state index in [1.165, 1.54) is 13.1 Å². The molecule has 0 aliphatic carbocycles. The van der Waals surface area contributed by atoms with E-state index >= 15 is 0 Å². The maximum Gasteiger partial charge on any atom is 0.332 e. The summed E-state index contributed by atoms with van der Waals surface area (Å²) in [5.41, 5.74) is 0.142. The molecule has 3 heterocycles. The Hall–Kier alpha value is -2.61. The number of aromatic nitrogens is 4. The van der Waals surface area contributed by atoms with Crippen LogP contribution in [-0.4, -0.2) is 31.8 Å². The predicted octanol–water partition coefficient (Wildman–Crippen LogP) is 3.53. The van der Waals surface area contributed by atoms with Gasteiger partial charge in [0, 0.05) is 37.3 Å². The van der Waals surface area contributed by atoms with Gasteiger partial charge in [-0.05, 0) is 37.8 Å². The van der Waals surface area contributed by atoms with Crippen molar-refractivity contribution in [2.75, 3.05) is 18.0 Å². The Kier molecular flexibility index (Phi) is 6.18. The van der Waals surface area contributed by atoms with Gasteiger partial charge in [-0.25, -0.2) is 9.18 Å². The van der Waals surface area contributed by atoms with Crippen molar-refractivity contribution in [3.8, 4) is 0 Å². The van der Waals surface area contributed by atoms with Crippen molar-refractivity contribution in [3.63, 3.8) is 0 Å². The Morgan fingerprint density at radius 1 is 1.13 bits per heavy atom. The zero-order valence-corrected chi connectivity index (χ0v) is 18.7. The first-order chi connectivity index (χ1) is 14.9. The summed E-state index contributed by atoms with van der Waals surface area (Å²) >= 11 is 6.31. The van der Waals surface area contributed by atoms with E-state index < -0.39 is 11.4 Å². The van der Waals surface area contributed by atoms with Crippen molar-refractivity contribution in [1.29, 1.82) is 0 Å². The highest BCUT2D eigenvalue weighted by atomic mass is 35.5. The van der Waals surface area contributed by atoms with Gasteiger partial charge in [0.1, 0.15) is 5.82 Å². The third-order valence-electron chi connectivity index (χ3n) is 5.96. The third-order valence-corrected chi connectivity index (χ3v) is 6.32. The molecule has 1 saturated heterocycles. The van der Waals surface area contributed by atoms with Crippen molar-refractivity contribution in [2.45, 2.75) is 52.1 Å². The van der Waals surface area contributed by atoms with Gasteiger partial charge in [-0.1, -0.05) is 31.0 Å². The molecule has 0 saturated carbocycles. The molecule has 7 nitrogen and oxygen atoms in total. The monoisotopic (exact) mass is 447 g/mol. The molecule has 0 unspecified atom stereocenters. The molecule has 0 atom stereocenters. The number of hydrogen-bond acceptors (Lipinski definition) is 4. The van der Waals surface area contributed by atoms with E-state index in [-0.39, 0.29) is 12.2 Å².